The molecule has 0 aromatic carbocycles. The molecule has 0 bridgehead atoms. The van der Waals surface area contributed by atoms with Gasteiger partial charge in [0.05, 0.1) is 34.4 Å². The summed E-state index contributed by atoms with van der Waals surface area (Å²) in [6.45, 7) is 4.79. The van der Waals surface area contributed by atoms with Gasteiger partial charge in [-0.05, 0) is 103 Å². The molecular formula is C82H144NO8+. The average Bonchev–Trinajstić information content (AvgIpc) is 3.46. The van der Waals surface area contributed by atoms with E-state index in [0.29, 0.717) is 23.9 Å². The summed E-state index contributed by atoms with van der Waals surface area (Å²) in [5, 5.41) is 9.76. The number of carboxylic acid groups (broad SMARTS) is 1. The van der Waals surface area contributed by atoms with Crippen LogP contribution in [0.15, 0.2) is 109 Å². The summed E-state index contributed by atoms with van der Waals surface area (Å²) in [6.07, 6.45) is 97.9. The first-order valence-electron chi connectivity index (χ1n) is 38.1. The van der Waals surface area contributed by atoms with Crippen molar-refractivity contribution >= 4 is 17.9 Å². The van der Waals surface area contributed by atoms with Crippen LogP contribution in [0.2, 0.25) is 0 Å². The van der Waals surface area contributed by atoms with E-state index < -0.39 is 24.3 Å². The second-order valence-electron chi connectivity index (χ2n) is 26.6. The van der Waals surface area contributed by atoms with Gasteiger partial charge >= 0.3 is 17.9 Å². The van der Waals surface area contributed by atoms with Crippen molar-refractivity contribution < 1.29 is 42.9 Å². The average molecular weight is 1270 g/mol. The van der Waals surface area contributed by atoms with E-state index in [0.717, 1.165) is 96.3 Å². The molecule has 0 radical (unpaired) electrons. The van der Waals surface area contributed by atoms with Gasteiger partial charge in [0.1, 0.15) is 13.2 Å². The molecule has 524 valence electrons. The molecule has 0 aliphatic carbocycles. The van der Waals surface area contributed by atoms with E-state index in [4.69, 9.17) is 18.9 Å². The van der Waals surface area contributed by atoms with Gasteiger partial charge in [-0.2, -0.15) is 0 Å². The summed E-state index contributed by atoms with van der Waals surface area (Å²) in [5.41, 5.74) is 0. The third-order valence-corrected chi connectivity index (χ3v) is 16.5. The van der Waals surface area contributed by atoms with E-state index >= 15 is 0 Å². The summed E-state index contributed by atoms with van der Waals surface area (Å²) in [5.74, 6) is -2.01. The van der Waals surface area contributed by atoms with Crippen LogP contribution in [0.5, 0.6) is 0 Å². The van der Waals surface area contributed by atoms with Crippen LogP contribution in [-0.2, 0) is 33.3 Å². The predicted molar refractivity (Wildman–Crippen MR) is 392 cm³/mol. The Kier molecular flexibility index (Phi) is 68.6. The van der Waals surface area contributed by atoms with Gasteiger partial charge in [-0.25, -0.2) is 4.79 Å². The Labute approximate surface area is 562 Å². The Morgan fingerprint density at radius 1 is 0.341 bits per heavy atom. The van der Waals surface area contributed by atoms with Crippen molar-refractivity contribution in [2.45, 2.75) is 347 Å². The lowest BCUT2D eigenvalue weighted by Crippen LogP contribution is -2.40. The minimum absolute atomic E-state index is 0.182. The number of likely N-dealkylation sites (N-methyl/N-ethyl adjacent to an activating group) is 1. The summed E-state index contributed by atoms with van der Waals surface area (Å²) in [6, 6.07) is 0. The van der Waals surface area contributed by atoms with E-state index in [1.165, 1.54) is 205 Å². The summed E-state index contributed by atoms with van der Waals surface area (Å²) in [4.78, 5) is 37.7. The van der Waals surface area contributed by atoms with Crippen LogP contribution >= 0.6 is 0 Å². The third-order valence-electron chi connectivity index (χ3n) is 16.5. The van der Waals surface area contributed by atoms with Crippen molar-refractivity contribution in [3.63, 3.8) is 0 Å². The SMILES string of the molecule is CC/C=C\C/C=C\C/C=C\C/C=C\C/C=C\C/C=C\C/C=C\C/C=C\CCCCCCCCCCC(=O)OC(COC(=O)CCCCCCCCCCCCCCCCCCCCCCC/C=C\CCCCCCCCCC)COC(OCC[N+](C)(C)C)C(=O)O. The fourth-order valence-corrected chi connectivity index (χ4v) is 10.7. The first-order chi connectivity index (χ1) is 44.6. The topological polar surface area (TPSA) is 108 Å². The van der Waals surface area contributed by atoms with Gasteiger partial charge in [0, 0.05) is 12.8 Å². The number of nitrogens with zero attached hydrogens (tertiary/aromatic N) is 1. The molecule has 0 amide bonds. The van der Waals surface area contributed by atoms with Crippen LogP contribution in [0.25, 0.3) is 0 Å². The van der Waals surface area contributed by atoms with Gasteiger partial charge in [0.2, 0.25) is 0 Å². The highest BCUT2D eigenvalue weighted by molar-refractivity contribution is 5.71. The lowest BCUT2D eigenvalue weighted by Gasteiger charge is -2.25. The molecule has 0 aromatic heterocycles. The molecule has 91 heavy (non-hydrogen) atoms. The molecular weight excluding hydrogens is 1130 g/mol. The number of allylic oxidation sites excluding steroid dienone is 18. The Bertz CT molecular complexity index is 1870. The number of aliphatic carboxylic acids is 1. The van der Waals surface area contributed by atoms with Gasteiger partial charge in [-0.1, -0.05) is 329 Å². The van der Waals surface area contributed by atoms with Gasteiger partial charge in [-0.3, -0.25) is 9.59 Å². The molecule has 2 unspecified atom stereocenters. The van der Waals surface area contributed by atoms with Gasteiger partial charge < -0.3 is 28.5 Å². The normalized spacial score (nSPS) is 13.3. The number of hydrogen-bond acceptors (Lipinski definition) is 7. The quantitative estimate of drug-likeness (QED) is 0.0211. The molecule has 0 heterocycles. The van der Waals surface area contributed by atoms with E-state index in [1.54, 1.807) is 0 Å². The first kappa shape index (κ1) is 87.0. The highest BCUT2D eigenvalue weighted by atomic mass is 16.7. The maximum Gasteiger partial charge on any atom is 0.361 e. The smallest absolute Gasteiger partial charge is 0.361 e. The van der Waals surface area contributed by atoms with E-state index in [9.17, 15) is 19.5 Å². The molecule has 1 N–H and O–H groups in total. The second kappa shape index (κ2) is 71.8. The molecule has 0 spiro atoms. The second-order valence-corrected chi connectivity index (χ2v) is 26.6. The van der Waals surface area contributed by atoms with Crippen LogP contribution in [0.3, 0.4) is 0 Å². The summed E-state index contributed by atoms with van der Waals surface area (Å²) < 4.78 is 23.0. The van der Waals surface area contributed by atoms with Crippen molar-refractivity contribution in [3.8, 4) is 0 Å². The van der Waals surface area contributed by atoms with Gasteiger partial charge in [0.15, 0.2) is 6.10 Å². The maximum atomic E-state index is 13.0. The molecule has 0 rings (SSSR count). The predicted octanol–water partition coefficient (Wildman–Crippen LogP) is 24.1. The van der Waals surface area contributed by atoms with E-state index in [-0.39, 0.29) is 32.2 Å². The first-order valence-corrected chi connectivity index (χ1v) is 38.1. The van der Waals surface area contributed by atoms with E-state index in [1.807, 2.05) is 21.1 Å². The molecule has 0 aliphatic rings. The van der Waals surface area contributed by atoms with Crippen molar-refractivity contribution in [3.05, 3.63) is 109 Å². The van der Waals surface area contributed by atoms with Gasteiger partial charge in [0.25, 0.3) is 6.29 Å². The van der Waals surface area contributed by atoms with Crippen molar-refractivity contribution in [1.29, 1.82) is 0 Å². The number of carbonyl (C=O) groups is 3. The van der Waals surface area contributed by atoms with Crippen LogP contribution in [-0.4, -0.2) is 87.4 Å². The molecule has 0 aromatic rings. The largest absolute Gasteiger partial charge is 0.477 e. The molecule has 9 nitrogen and oxygen atoms in total. The number of unbranched alkanes of at least 4 members (excludes halogenated alkanes) is 37. The monoisotopic (exact) mass is 1270 g/mol. The van der Waals surface area contributed by atoms with Crippen molar-refractivity contribution in [2.75, 3.05) is 47.5 Å². The molecule has 9 heteroatoms. The minimum atomic E-state index is -1.52. The van der Waals surface area contributed by atoms with Crippen LogP contribution in [0.1, 0.15) is 335 Å². The molecule has 0 saturated heterocycles. The highest BCUT2D eigenvalue weighted by Gasteiger charge is 2.25. The molecule has 0 fully saturated rings. The maximum absolute atomic E-state index is 13.0. The lowest BCUT2D eigenvalue weighted by atomic mass is 10.0. The fourth-order valence-electron chi connectivity index (χ4n) is 10.7. The number of quaternary nitrogens is 1. The van der Waals surface area contributed by atoms with Gasteiger partial charge in [-0.15, -0.1) is 0 Å². The number of carboxylic acids is 1. The number of carbonyl (C=O) groups excluding carboxylic acids is 2. The molecule has 0 aliphatic heterocycles. The summed E-state index contributed by atoms with van der Waals surface area (Å²) >= 11 is 0. The minimum Gasteiger partial charge on any atom is -0.477 e. The fraction of sp³-hybridized carbons (Fsp3) is 0.744. The Hall–Kier alpha value is -4.05. The highest BCUT2D eigenvalue weighted by Crippen LogP contribution is 2.18. The number of hydrogen-bond donors (Lipinski definition) is 1. The number of esters is 2. The summed E-state index contributed by atoms with van der Waals surface area (Å²) in [7, 11) is 5.98. The van der Waals surface area contributed by atoms with E-state index in [2.05, 4.69) is 123 Å². The lowest BCUT2D eigenvalue weighted by molar-refractivity contribution is -0.870. The number of ether oxygens (including phenoxy) is 4. The Morgan fingerprint density at radius 3 is 0.945 bits per heavy atom. The third kappa shape index (κ3) is 73.2. The van der Waals surface area contributed by atoms with Crippen LogP contribution < -0.4 is 0 Å². The van der Waals surface area contributed by atoms with Crippen LogP contribution in [0, 0.1) is 0 Å². The van der Waals surface area contributed by atoms with Crippen LogP contribution in [0.4, 0.5) is 0 Å². The Balaban J connectivity index is 4.10. The zero-order valence-electron chi connectivity index (χ0n) is 60.0. The standard InChI is InChI=1S/C82H143NO8/c1-6-8-10-12-14-16-18-20-22-24-26-28-30-32-34-36-38-40-42-44-46-48-50-52-54-56-58-60-62-64-66-68-70-72-79(84)89-76-78(77-90-82(81(86)87)88-75-74-83(3,4)5)91-80(85)73-71-69-67-65-63-61-59-57-55-53-51-49-47-45-43-41-39-37-35-33-31-29-27-25-23-21-19-17-15-13-11-9-7-2/h9,11,15,17,21,23-24,26-27,29,33,35,39,41,45,47,51,53,78,82H,6-8,10,12-14,16,18-20,22,25,28,30-32,34,36-38,40,42-44,46,48-50,52,54-77H2,1-5H3/p+1/b11-9-,17-15-,23-21-,26-24-,29-27-,35-33-,41-39-,47-45-,53-51-. The van der Waals surface area contributed by atoms with Crippen molar-refractivity contribution in [1.82, 2.24) is 0 Å². The molecule has 0 saturated carbocycles. The number of rotatable bonds is 70. The van der Waals surface area contributed by atoms with Crippen molar-refractivity contribution in [2.24, 2.45) is 0 Å². The zero-order chi connectivity index (χ0) is 66.1. The Morgan fingerprint density at radius 2 is 0.626 bits per heavy atom. The molecule has 2 atom stereocenters. The zero-order valence-corrected chi connectivity index (χ0v) is 60.0.